The number of ether oxygens (including phenoxy) is 2. The van der Waals surface area contributed by atoms with Crippen molar-refractivity contribution in [1.29, 1.82) is 5.26 Å². The molecule has 0 spiro atoms. The van der Waals surface area contributed by atoms with E-state index in [1.54, 1.807) is 0 Å². The number of nitrogen functional groups attached to an aromatic ring is 1. The highest BCUT2D eigenvalue weighted by Gasteiger charge is 2.50. The van der Waals surface area contributed by atoms with Crippen LogP contribution in [-0.2, 0) is 18.0 Å². The molecule has 0 radical (unpaired) electrons. The maximum Gasteiger partial charge on any atom is 0.407 e. The summed E-state index contributed by atoms with van der Waals surface area (Å²) < 4.78 is 65.3. The van der Waals surface area contributed by atoms with Gasteiger partial charge in [0.1, 0.15) is 47.1 Å². The molecule has 7 heterocycles. The predicted octanol–water partition coefficient (Wildman–Crippen LogP) is 4.70. The molecular weight excluding hydrogens is 631 g/mol. The lowest BCUT2D eigenvalue weighted by atomic mass is 9.90. The molecule has 4 atom stereocenters. The van der Waals surface area contributed by atoms with E-state index in [0.29, 0.717) is 48.3 Å². The van der Waals surface area contributed by atoms with Gasteiger partial charge in [-0.05, 0) is 49.1 Å². The lowest BCUT2D eigenvalue weighted by molar-refractivity contribution is 0.107. The van der Waals surface area contributed by atoms with Crippen molar-refractivity contribution in [1.82, 2.24) is 19.8 Å². The fourth-order valence-corrected chi connectivity index (χ4v) is 8.87. The number of nitrogens with two attached hydrogens (primary N) is 1. The molecule has 15 heteroatoms. The number of hydrogen-bond acceptors (Lipinski definition) is 10. The van der Waals surface area contributed by atoms with Gasteiger partial charge in [-0.3, -0.25) is 4.90 Å². The van der Waals surface area contributed by atoms with Gasteiger partial charge in [-0.2, -0.15) is 15.2 Å². The molecule has 3 N–H and O–H groups in total. The van der Waals surface area contributed by atoms with Crippen LogP contribution in [0, 0.1) is 23.0 Å². The molecule has 2 aromatic heterocycles. The van der Waals surface area contributed by atoms with Crippen LogP contribution in [0.15, 0.2) is 16.5 Å². The second kappa shape index (κ2) is 10.3. The molecule has 12 nitrogen and oxygen atoms in total. The Hall–Kier alpha value is -4.81. The van der Waals surface area contributed by atoms with Gasteiger partial charge in [0.25, 0.3) is 0 Å². The van der Waals surface area contributed by atoms with E-state index in [9.17, 15) is 19.6 Å². The van der Waals surface area contributed by atoms with Gasteiger partial charge in [0.05, 0.1) is 41.6 Å². The van der Waals surface area contributed by atoms with E-state index < -0.39 is 29.4 Å². The number of benzene rings is 2. The Balaban J connectivity index is 1.25. The SMILES string of the molecule is N#Cc1c(N)oc2ccc(F)c(-c3c4c(c5c(N6C[C@H]7C[C@@H]6CN7C(=O)O)nc(OC[C@@]67CCCN6C[C@H](F)C7)nc5c3F)COC4)c12. The summed E-state index contributed by atoms with van der Waals surface area (Å²) in [6.07, 6.45) is 0.567. The number of nitrogens with zero attached hydrogens (tertiary/aromatic N) is 6. The minimum absolute atomic E-state index is 0.0398. The number of aromatic nitrogens is 2. The number of rotatable bonds is 5. The van der Waals surface area contributed by atoms with Crippen molar-refractivity contribution in [3.8, 4) is 23.2 Å². The second-order valence-corrected chi connectivity index (χ2v) is 13.4. The highest BCUT2D eigenvalue weighted by atomic mass is 19.1. The van der Waals surface area contributed by atoms with Gasteiger partial charge in [0.2, 0.25) is 5.88 Å². The zero-order chi connectivity index (χ0) is 33.1. The molecule has 5 aliphatic heterocycles. The summed E-state index contributed by atoms with van der Waals surface area (Å²) in [7, 11) is 0. The van der Waals surface area contributed by atoms with E-state index in [4.69, 9.17) is 24.6 Å². The van der Waals surface area contributed by atoms with Crippen molar-refractivity contribution in [3.63, 3.8) is 0 Å². The Morgan fingerprint density at radius 3 is 2.75 bits per heavy atom. The van der Waals surface area contributed by atoms with E-state index in [1.165, 1.54) is 11.0 Å². The average Bonchev–Trinajstić information content (AvgIpc) is 3.90. The molecule has 4 aromatic rings. The fraction of sp³-hybridized carbons (Fsp3) is 0.455. The first-order valence-corrected chi connectivity index (χ1v) is 16.0. The number of hydrogen-bond donors (Lipinski definition) is 2. The number of furan rings is 1. The topological polar surface area (TPSA) is 154 Å². The van der Waals surface area contributed by atoms with E-state index >= 15 is 8.78 Å². The highest BCUT2D eigenvalue weighted by Crippen LogP contribution is 2.48. The summed E-state index contributed by atoms with van der Waals surface area (Å²) in [4.78, 5) is 26.7. The molecule has 0 unspecified atom stereocenters. The Bertz CT molecular complexity index is 2100. The van der Waals surface area contributed by atoms with Crippen LogP contribution in [-0.4, -0.2) is 87.5 Å². The van der Waals surface area contributed by atoms with Crippen LogP contribution in [0.1, 0.15) is 42.4 Å². The number of alkyl halides is 1. The van der Waals surface area contributed by atoms with E-state index in [-0.39, 0.29) is 83.5 Å². The Morgan fingerprint density at radius 1 is 1.15 bits per heavy atom. The molecule has 4 saturated heterocycles. The number of halogens is 3. The van der Waals surface area contributed by atoms with E-state index in [0.717, 1.165) is 25.5 Å². The van der Waals surface area contributed by atoms with Crippen LogP contribution in [0.4, 0.5) is 29.7 Å². The smallest absolute Gasteiger partial charge is 0.407 e. The quantitative estimate of drug-likeness (QED) is 0.306. The van der Waals surface area contributed by atoms with Crippen molar-refractivity contribution in [2.24, 2.45) is 0 Å². The summed E-state index contributed by atoms with van der Waals surface area (Å²) in [5.74, 6) is -1.49. The van der Waals surface area contributed by atoms with Crippen LogP contribution < -0.4 is 15.4 Å². The van der Waals surface area contributed by atoms with Gasteiger partial charge >= 0.3 is 12.1 Å². The summed E-state index contributed by atoms with van der Waals surface area (Å²) in [5.41, 5.74) is 5.95. The summed E-state index contributed by atoms with van der Waals surface area (Å²) in [6, 6.07) is 3.82. The summed E-state index contributed by atoms with van der Waals surface area (Å²) >= 11 is 0. The number of carboxylic acid groups (broad SMARTS) is 1. The number of carbonyl (C=O) groups is 1. The third-order valence-corrected chi connectivity index (χ3v) is 10.9. The molecule has 48 heavy (non-hydrogen) atoms. The average molecular weight is 662 g/mol. The van der Waals surface area contributed by atoms with Crippen molar-refractivity contribution >= 4 is 39.7 Å². The Labute approximate surface area is 271 Å². The molecule has 0 saturated carbocycles. The Kier molecular flexibility index (Phi) is 6.32. The molecule has 9 rings (SSSR count). The Morgan fingerprint density at radius 2 is 1.98 bits per heavy atom. The number of anilines is 2. The lowest BCUT2D eigenvalue weighted by Gasteiger charge is -2.34. The molecular formula is C33H30F3N7O5. The number of nitriles is 1. The monoisotopic (exact) mass is 661 g/mol. The normalized spacial score (nSPS) is 26.2. The molecule has 1 amide bonds. The molecule has 2 bridgehead atoms. The van der Waals surface area contributed by atoms with Crippen LogP contribution in [0.5, 0.6) is 6.01 Å². The largest absolute Gasteiger partial charge is 0.465 e. The van der Waals surface area contributed by atoms with E-state index in [1.807, 2.05) is 11.0 Å². The molecule has 4 fully saturated rings. The molecule has 248 valence electrons. The minimum Gasteiger partial charge on any atom is -0.465 e. The number of piperazine rings is 1. The first-order chi connectivity index (χ1) is 23.2. The van der Waals surface area contributed by atoms with Crippen LogP contribution >= 0.6 is 0 Å². The van der Waals surface area contributed by atoms with Crippen molar-refractivity contribution in [2.45, 2.75) is 62.7 Å². The van der Waals surface area contributed by atoms with Gasteiger partial charge in [-0.1, -0.05) is 0 Å². The van der Waals surface area contributed by atoms with Gasteiger partial charge in [-0.25, -0.2) is 18.0 Å². The molecule has 0 aliphatic carbocycles. The van der Waals surface area contributed by atoms with Gasteiger partial charge in [-0.15, -0.1) is 0 Å². The fourth-order valence-electron chi connectivity index (χ4n) is 8.87. The van der Waals surface area contributed by atoms with Crippen LogP contribution in [0.3, 0.4) is 0 Å². The van der Waals surface area contributed by atoms with Crippen LogP contribution in [0.25, 0.3) is 33.0 Å². The summed E-state index contributed by atoms with van der Waals surface area (Å²) in [6.45, 7) is 1.80. The number of likely N-dealkylation sites (tertiary alicyclic amines) is 1. The first-order valence-electron chi connectivity index (χ1n) is 16.0. The minimum atomic E-state index is -1.00. The van der Waals surface area contributed by atoms with Gasteiger partial charge < -0.3 is 34.5 Å². The van der Waals surface area contributed by atoms with Crippen LogP contribution in [0.2, 0.25) is 0 Å². The van der Waals surface area contributed by atoms with Gasteiger partial charge in [0, 0.05) is 37.2 Å². The first kappa shape index (κ1) is 29.3. The predicted molar refractivity (Wildman–Crippen MR) is 165 cm³/mol. The maximum atomic E-state index is 17.3. The second-order valence-electron chi connectivity index (χ2n) is 13.4. The maximum absolute atomic E-state index is 17.3. The third kappa shape index (κ3) is 4.05. The van der Waals surface area contributed by atoms with Crippen molar-refractivity contribution in [2.75, 3.05) is 43.4 Å². The highest BCUT2D eigenvalue weighted by molar-refractivity contribution is 6.05. The third-order valence-electron chi connectivity index (χ3n) is 10.9. The van der Waals surface area contributed by atoms with E-state index in [2.05, 4.69) is 9.88 Å². The lowest BCUT2D eigenvalue weighted by Crippen LogP contribution is -2.48. The zero-order valence-electron chi connectivity index (χ0n) is 25.6. The number of amides is 1. The molecule has 5 aliphatic rings. The molecule has 2 aromatic carbocycles. The number of fused-ring (bicyclic) bond motifs is 7. The van der Waals surface area contributed by atoms with Gasteiger partial charge in [0.15, 0.2) is 5.82 Å². The standard InChI is InChI=1S/C33H30F3N7O5/c34-15-7-33(4-1-5-41(33)9-15)14-47-31-39-28-25(30(40-31)42-10-17-6-16(42)11-43(17)32(44)45)20-13-46-12-19(20)24(27(28)36)26-21(35)2-3-22-23(26)18(8-37)29(38)48-22/h2-3,15-17H,1,4-7,9-14,38H2,(H,44,45)/t15-,16-,17-,33+/m1/s1. The summed E-state index contributed by atoms with van der Waals surface area (Å²) in [5, 5.41) is 20.0. The van der Waals surface area contributed by atoms with Crippen molar-refractivity contribution < 1.29 is 37.0 Å². The van der Waals surface area contributed by atoms with Crippen molar-refractivity contribution in [3.05, 3.63) is 40.5 Å². The zero-order valence-corrected chi connectivity index (χ0v) is 25.6.